The first kappa shape index (κ1) is 21.0. The van der Waals surface area contributed by atoms with Crippen molar-refractivity contribution in [2.24, 2.45) is 0 Å². The van der Waals surface area contributed by atoms with Crippen LogP contribution in [0.15, 0.2) is 47.4 Å². The summed E-state index contributed by atoms with van der Waals surface area (Å²) in [7, 11) is -2.42. The number of nitrogens with zero attached hydrogens (tertiary/aromatic N) is 1. The lowest BCUT2D eigenvalue weighted by atomic mass is 10.1. The molecule has 0 radical (unpaired) electrons. The van der Waals surface area contributed by atoms with E-state index in [4.69, 9.17) is 9.47 Å². The molecule has 0 atom stereocenters. The second kappa shape index (κ2) is 9.17. The van der Waals surface area contributed by atoms with E-state index in [1.165, 1.54) is 25.3 Å². The molecule has 0 aliphatic carbocycles. The van der Waals surface area contributed by atoms with Gasteiger partial charge >= 0.3 is 0 Å². The number of likely N-dealkylation sites (tertiary alicyclic amines) is 1. The van der Waals surface area contributed by atoms with Crippen LogP contribution in [0.1, 0.15) is 36.5 Å². The fraction of sp³-hybridized carbons (Fsp3) is 0.381. The number of amides is 1. The third-order valence-corrected chi connectivity index (χ3v) is 6.13. The van der Waals surface area contributed by atoms with Gasteiger partial charge in [-0.05, 0) is 56.5 Å². The maximum atomic E-state index is 12.9. The zero-order valence-electron chi connectivity index (χ0n) is 16.7. The Morgan fingerprint density at radius 3 is 2.55 bits per heavy atom. The maximum absolute atomic E-state index is 12.9. The Bertz CT molecular complexity index is 969. The SMILES string of the molecule is CCOc1cccc(NS(=O)(=O)c2ccc(OC)c(C(=O)N3CCCCC3)c2)c1. The van der Waals surface area contributed by atoms with E-state index in [0.717, 1.165) is 19.3 Å². The molecule has 2 aromatic rings. The molecule has 1 aliphatic heterocycles. The van der Waals surface area contributed by atoms with Crippen molar-refractivity contribution in [2.75, 3.05) is 31.5 Å². The number of ether oxygens (including phenoxy) is 2. The Morgan fingerprint density at radius 1 is 1.10 bits per heavy atom. The Balaban J connectivity index is 1.89. The summed E-state index contributed by atoms with van der Waals surface area (Å²) in [5, 5.41) is 0. The van der Waals surface area contributed by atoms with Crippen LogP contribution in [-0.4, -0.2) is 46.0 Å². The van der Waals surface area contributed by atoms with E-state index in [1.807, 2.05) is 6.92 Å². The number of carbonyl (C=O) groups excluding carboxylic acids is 1. The fourth-order valence-corrected chi connectivity index (χ4v) is 4.39. The smallest absolute Gasteiger partial charge is 0.261 e. The number of rotatable bonds is 7. The second-order valence-electron chi connectivity index (χ2n) is 6.78. The van der Waals surface area contributed by atoms with Crippen molar-refractivity contribution in [3.8, 4) is 11.5 Å². The van der Waals surface area contributed by atoms with Crippen molar-refractivity contribution in [3.05, 3.63) is 48.0 Å². The minimum absolute atomic E-state index is 0.000437. The van der Waals surface area contributed by atoms with Gasteiger partial charge in [-0.1, -0.05) is 6.07 Å². The zero-order chi connectivity index (χ0) is 20.9. The Labute approximate surface area is 171 Å². The van der Waals surface area contributed by atoms with Crippen LogP contribution >= 0.6 is 0 Å². The number of hydrogen-bond acceptors (Lipinski definition) is 5. The zero-order valence-corrected chi connectivity index (χ0v) is 17.5. The first-order valence-electron chi connectivity index (χ1n) is 9.67. The Kier molecular flexibility index (Phi) is 6.64. The molecular weight excluding hydrogens is 392 g/mol. The standard InChI is InChI=1S/C21H26N2O5S/c1-3-28-17-9-7-8-16(14-17)22-29(25,26)18-10-11-20(27-2)19(15-18)21(24)23-12-5-4-6-13-23/h7-11,14-15,22H,3-6,12-13H2,1-2H3. The third kappa shape index (κ3) is 5.00. The van der Waals surface area contributed by atoms with E-state index in [9.17, 15) is 13.2 Å². The van der Waals surface area contributed by atoms with E-state index in [-0.39, 0.29) is 16.4 Å². The Hall–Kier alpha value is -2.74. The molecule has 1 fully saturated rings. The van der Waals surface area contributed by atoms with Gasteiger partial charge in [0.05, 0.1) is 29.9 Å². The van der Waals surface area contributed by atoms with Gasteiger partial charge in [-0.15, -0.1) is 0 Å². The van der Waals surface area contributed by atoms with Crippen LogP contribution in [0, 0.1) is 0 Å². The summed E-state index contributed by atoms with van der Waals surface area (Å²) in [6.07, 6.45) is 2.99. The van der Waals surface area contributed by atoms with Crippen LogP contribution in [-0.2, 0) is 10.0 Å². The van der Waals surface area contributed by atoms with E-state index in [0.29, 0.717) is 36.9 Å². The van der Waals surface area contributed by atoms with Crippen LogP contribution < -0.4 is 14.2 Å². The second-order valence-corrected chi connectivity index (χ2v) is 8.46. The molecule has 1 N–H and O–H groups in total. The van der Waals surface area contributed by atoms with E-state index in [2.05, 4.69) is 4.72 Å². The van der Waals surface area contributed by atoms with Gasteiger partial charge in [0, 0.05) is 19.2 Å². The van der Waals surface area contributed by atoms with Crippen LogP contribution in [0.2, 0.25) is 0 Å². The largest absolute Gasteiger partial charge is 0.496 e. The first-order valence-corrected chi connectivity index (χ1v) is 11.2. The molecule has 7 nitrogen and oxygen atoms in total. The highest BCUT2D eigenvalue weighted by Crippen LogP contribution is 2.27. The van der Waals surface area contributed by atoms with Crippen molar-refractivity contribution in [2.45, 2.75) is 31.1 Å². The van der Waals surface area contributed by atoms with Gasteiger partial charge in [0.1, 0.15) is 11.5 Å². The van der Waals surface area contributed by atoms with Gasteiger partial charge in [-0.2, -0.15) is 0 Å². The van der Waals surface area contributed by atoms with Crippen molar-refractivity contribution >= 4 is 21.6 Å². The summed E-state index contributed by atoms with van der Waals surface area (Å²) >= 11 is 0. The van der Waals surface area contributed by atoms with E-state index >= 15 is 0 Å². The van der Waals surface area contributed by atoms with Gasteiger partial charge in [-0.25, -0.2) is 8.42 Å². The molecule has 2 aromatic carbocycles. The predicted octanol–water partition coefficient (Wildman–Crippen LogP) is 3.52. The average molecular weight is 419 g/mol. The Morgan fingerprint density at radius 2 is 1.86 bits per heavy atom. The average Bonchev–Trinajstić information content (AvgIpc) is 2.73. The first-order chi connectivity index (χ1) is 13.9. The maximum Gasteiger partial charge on any atom is 0.261 e. The van der Waals surface area contributed by atoms with Crippen LogP contribution in [0.4, 0.5) is 5.69 Å². The molecule has 0 unspecified atom stereocenters. The molecular formula is C21H26N2O5S. The van der Waals surface area contributed by atoms with Crippen molar-refractivity contribution in [1.29, 1.82) is 0 Å². The van der Waals surface area contributed by atoms with Gasteiger partial charge in [0.2, 0.25) is 0 Å². The van der Waals surface area contributed by atoms with Crippen LogP contribution in [0.25, 0.3) is 0 Å². The molecule has 1 amide bonds. The predicted molar refractivity (Wildman–Crippen MR) is 111 cm³/mol. The lowest BCUT2D eigenvalue weighted by Crippen LogP contribution is -2.35. The molecule has 8 heteroatoms. The highest BCUT2D eigenvalue weighted by atomic mass is 32.2. The summed E-state index contributed by atoms with van der Waals surface area (Å²) < 4.78 is 39.1. The lowest BCUT2D eigenvalue weighted by molar-refractivity contribution is 0.0720. The molecule has 1 aliphatic rings. The number of carbonyl (C=O) groups is 1. The summed E-state index contributed by atoms with van der Waals surface area (Å²) in [6, 6.07) is 11.0. The minimum atomic E-state index is -3.89. The number of hydrogen-bond donors (Lipinski definition) is 1. The molecule has 29 heavy (non-hydrogen) atoms. The quantitative estimate of drug-likeness (QED) is 0.744. The molecule has 0 bridgehead atoms. The third-order valence-electron chi connectivity index (χ3n) is 4.75. The van der Waals surface area contributed by atoms with E-state index < -0.39 is 10.0 Å². The van der Waals surface area contributed by atoms with Crippen LogP contribution in [0.5, 0.6) is 11.5 Å². The summed E-state index contributed by atoms with van der Waals surface area (Å²) in [4.78, 5) is 14.7. The van der Waals surface area contributed by atoms with Crippen molar-refractivity contribution in [3.63, 3.8) is 0 Å². The number of piperidine rings is 1. The minimum Gasteiger partial charge on any atom is -0.496 e. The fourth-order valence-electron chi connectivity index (χ4n) is 3.32. The number of nitrogens with one attached hydrogen (secondary N) is 1. The summed E-state index contributed by atoms with van der Waals surface area (Å²) in [6.45, 7) is 3.68. The monoisotopic (exact) mass is 418 g/mol. The molecule has 0 aromatic heterocycles. The van der Waals surface area contributed by atoms with Gasteiger partial charge in [-0.3, -0.25) is 9.52 Å². The van der Waals surface area contributed by atoms with E-state index in [1.54, 1.807) is 29.2 Å². The van der Waals surface area contributed by atoms with Gasteiger partial charge in [0.25, 0.3) is 15.9 Å². The topological polar surface area (TPSA) is 84.9 Å². The van der Waals surface area contributed by atoms with Crippen LogP contribution in [0.3, 0.4) is 0 Å². The summed E-state index contributed by atoms with van der Waals surface area (Å²) in [5.41, 5.74) is 0.635. The summed E-state index contributed by atoms with van der Waals surface area (Å²) in [5.74, 6) is 0.721. The molecule has 0 saturated carbocycles. The molecule has 0 spiro atoms. The molecule has 1 saturated heterocycles. The highest BCUT2D eigenvalue weighted by Gasteiger charge is 2.24. The number of anilines is 1. The molecule has 3 rings (SSSR count). The molecule has 156 valence electrons. The van der Waals surface area contributed by atoms with Crippen molar-refractivity contribution < 1.29 is 22.7 Å². The number of methoxy groups -OCH3 is 1. The number of benzene rings is 2. The highest BCUT2D eigenvalue weighted by molar-refractivity contribution is 7.92. The normalized spacial score (nSPS) is 14.3. The number of sulfonamides is 1. The van der Waals surface area contributed by atoms with Gasteiger partial charge in [0.15, 0.2) is 0 Å². The van der Waals surface area contributed by atoms with Crippen molar-refractivity contribution in [1.82, 2.24) is 4.90 Å². The van der Waals surface area contributed by atoms with Gasteiger partial charge < -0.3 is 14.4 Å². The molecule has 1 heterocycles. The lowest BCUT2D eigenvalue weighted by Gasteiger charge is -2.27.